The lowest BCUT2D eigenvalue weighted by molar-refractivity contribution is 0.414. The summed E-state index contributed by atoms with van der Waals surface area (Å²) < 4.78 is 20.5. The molecule has 1 unspecified atom stereocenters. The maximum absolute atomic E-state index is 10.6. The fraction of sp³-hybridized carbons (Fsp3) is 0.250. The molecule has 0 fully saturated rings. The number of benzene rings is 1. The molecule has 0 saturated heterocycles. The third kappa shape index (κ3) is 2.54. The number of rotatable bonds is 3. The molecule has 0 amide bonds. The average Bonchev–Trinajstić information content (AvgIpc) is 2.05. The van der Waals surface area contributed by atoms with E-state index in [1.165, 1.54) is 6.26 Å². The Hall–Kier alpha value is -1.03. The van der Waals surface area contributed by atoms with Crippen LogP contribution in [0.4, 0.5) is 0 Å². The molecule has 0 aliphatic carbocycles. The predicted octanol–water partition coefficient (Wildman–Crippen LogP) is 1.37. The van der Waals surface area contributed by atoms with Crippen molar-refractivity contribution in [3.63, 3.8) is 0 Å². The average molecular weight is 186 g/mol. The number of hydrogen-bond acceptors (Lipinski definition) is 3. The topological polar surface area (TPSA) is 35.5 Å². The third-order valence-electron chi connectivity index (χ3n) is 1.27. The standard InChI is InChI=1S/C8H10O3S/c1-10-7-3-5-8(6-4-7)11-12(2)9/h3-6H,1-2H3. The molecule has 4 heteroatoms. The van der Waals surface area contributed by atoms with Crippen molar-refractivity contribution in [3.05, 3.63) is 24.3 Å². The van der Waals surface area contributed by atoms with E-state index in [0.717, 1.165) is 5.75 Å². The van der Waals surface area contributed by atoms with Crippen LogP contribution in [0, 0.1) is 0 Å². The highest BCUT2D eigenvalue weighted by atomic mass is 32.2. The molecule has 1 aromatic carbocycles. The molecule has 0 aliphatic heterocycles. The molecule has 66 valence electrons. The Morgan fingerprint density at radius 3 is 2.08 bits per heavy atom. The molecule has 1 aromatic rings. The highest BCUT2D eigenvalue weighted by molar-refractivity contribution is 7.79. The van der Waals surface area contributed by atoms with Crippen LogP contribution in [-0.4, -0.2) is 17.6 Å². The summed E-state index contributed by atoms with van der Waals surface area (Å²) >= 11 is -1.27. The molecular weight excluding hydrogens is 176 g/mol. The maximum atomic E-state index is 10.6. The minimum absolute atomic E-state index is 0.580. The zero-order chi connectivity index (χ0) is 8.97. The lowest BCUT2D eigenvalue weighted by Crippen LogP contribution is -1.96. The van der Waals surface area contributed by atoms with Gasteiger partial charge in [0.1, 0.15) is 11.5 Å². The number of methoxy groups -OCH3 is 1. The van der Waals surface area contributed by atoms with Gasteiger partial charge < -0.3 is 8.92 Å². The van der Waals surface area contributed by atoms with E-state index in [1.54, 1.807) is 31.4 Å². The molecular formula is C8H10O3S. The van der Waals surface area contributed by atoms with Gasteiger partial charge in [0, 0.05) is 6.26 Å². The zero-order valence-electron chi connectivity index (χ0n) is 6.94. The molecule has 0 N–H and O–H groups in total. The molecule has 0 saturated carbocycles. The third-order valence-corrected chi connectivity index (χ3v) is 1.70. The second-order valence-electron chi connectivity index (χ2n) is 2.16. The summed E-state index contributed by atoms with van der Waals surface area (Å²) in [4.78, 5) is 0. The van der Waals surface area contributed by atoms with Crippen molar-refractivity contribution in [2.75, 3.05) is 13.4 Å². The zero-order valence-corrected chi connectivity index (χ0v) is 7.76. The van der Waals surface area contributed by atoms with Gasteiger partial charge in [0.25, 0.3) is 0 Å². The summed E-state index contributed by atoms with van der Waals surface area (Å²) in [6.07, 6.45) is 1.48. The monoisotopic (exact) mass is 186 g/mol. The van der Waals surface area contributed by atoms with Crippen LogP contribution >= 0.6 is 0 Å². The van der Waals surface area contributed by atoms with Gasteiger partial charge >= 0.3 is 0 Å². The van der Waals surface area contributed by atoms with Gasteiger partial charge in [-0.1, -0.05) is 0 Å². The van der Waals surface area contributed by atoms with Gasteiger partial charge in [-0.2, -0.15) is 0 Å². The first-order chi connectivity index (χ1) is 5.72. The Morgan fingerprint density at radius 1 is 1.17 bits per heavy atom. The lowest BCUT2D eigenvalue weighted by atomic mass is 10.3. The van der Waals surface area contributed by atoms with Gasteiger partial charge in [-0.3, -0.25) is 0 Å². The fourth-order valence-electron chi connectivity index (χ4n) is 0.767. The van der Waals surface area contributed by atoms with Gasteiger partial charge in [-0.25, -0.2) is 4.21 Å². The van der Waals surface area contributed by atoms with Crippen LogP contribution in [0.3, 0.4) is 0 Å². The van der Waals surface area contributed by atoms with Crippen molar-refractivity contribution < 1.29 is 13.1 Å². The summed E-state index contributed by atoms with van der Waals surface area (Å²) in [6, 6.07) is 6.92. The van der Waals surface area contributed by atoms with E-state index in [0.29, 0.717) is 5.75 Å². The molecule has 12 heavy (non-hydrogen) atoms. The Morgan fingerprint density at radius 2 is 1.67 bits per heavy atom. The first-order valence-electron chi connectivity index (χ1n) is 3.38. The van der Waals surface area contributed by atoms with Gasteiger partial charge in [-0.05, 0) is 24.3 Å². The maximum Gasteiger partial charge on any atom is 0.203 e. The van der Waals surface area contributed by atoms with E-state index in [4.69, 9.17) is 8.92 Å². The summed E-state index contributed by atoms with van der Waals surface area (Å²) in [7, 11) is 1.59. The Balaban J connectivity index is 2.71. The highest BCUT2D eigenvalue weighted by Gasteiger charge is 1.96. The normalized spacial score (nSPS) is 12.2. The first-order valence-corrected chi connectivity index (χ1v) is 4.86. The second-order valence-corrected chi connectivity index (χ2v) is 3.13. The highest BCUT2D eigenvalue weighted by Crippen LogP contribution is 2.17. The molecule has 0 aromatic heterocycles. The Labute approximate surface area is 74.0 Å². The van der Waals surface area contributed by atoms with Crippen LogP contribution in [0.2, 0.25) is 0 Å². The van der Waals surface area contributed by atoms with Gasteiger partial charge in [0.05, 0.1) is 7.11 Å². The van der Waals surface area contributed by atoms with E-state index < -0.39 is 11.1 Å². The molecule has 3 nitrogen and oxygen atoms in total. The van der Waals surface area contributed by atoms with Crippen LogP contribution in [0.1, 0.15) is 0 Å². The predicted molar refractivity (Wildman–Crippen MR) is 47.7 cm³/mol. The fourth-order valence-corrected chi connectivity index (χ4v) is 1.15. The van der Waals surface area contributed by atoms with Gasteiger partial charge in [0.2, 0.25) is 11.1 Å². The van der Waals surface area contributed by atoms with Crippen LogP contribution in [0.15, 0.2) is 24.3 Å². The molecule has 0 heterocycles. The van der Waals surface area contributed by atoms with Crippen LogP contribution < -0.4 is 8.92 Å². The van der Waals surface area contributed by atoms with E-state index in [9.17, 15) is 4.21 Å². The number of ether oxygens (including phenoxy) is 1. The van der Waals surface area contributed by atoms with E-state index in [2.05, 4.69) is 0 Å². The Bertz CT molecular complexity index is 268. The molecule has 0 radical (unpaired) electrons. The van der Waals surface area contributed by atoms with Crippen molar-refractivity contribution in [1.29, 1.82) is 0 Å². The smallest absolute Gasteiger partial charge is 0.203 e. The van der Waals surface area contributed by atoms with Crippen molar-refractivity contribution in [2.45, 2.75) is 0 Å². The van der Waals surface area contributed by atoms with Crippen LogP contribution in [-0.2, 0) is 11.1 Å². The van der Waals surface area contributed by atoms with Gasteiger partial charge in [-0.15, -0.1) is 0 Å². The summed E-state index contributed by atoms with van der Waals surface area (Å²) in [6.45, 7) is 0. The lowest BCUT2D eigenvalue weighted by Gasteiger charge is -2.02. The van der Waals surface area contributed by atoms with Crippen LogP contribution in [0.5, 0.6) is 11.5 Å². The van der Waals surface area contributed by atoms with Crippen molar-refractivity contribution in [2.24, 2.45) is 0 Å². The molecule has 1 atom stereocenters. The summed E-state index contributed by atoms with van der Waals surface area (Å²) in [5, 5.41) is 0. The second kappa shape index (κ2) is 4.11. The van der Waals surface area contributed by atoms with Crippen molar-refractivity contribution in [3.8, 4) is 11.5 Å². The first kappa shape index (κ1) is 9.06. The SMILES string of the molecule is COc1ccc(OS(C)=O)cc1. The molecule has 0 spiro atoms. The minimum Gasteiger partial charge on any atom is -0.497 e. The molecule has 0 aliphatic rings. The Kier molecular flexibility index (Phi) is 3.10. The number of hydrogen-bond donors (Lipinski definition) is 0. The molecule has 0 bridgehead atoms. The summed E-state index contributed by atoms with van der Waals surface area (Å²) in [5.41, 5.74) is 0. The summed E-state index contributed by atoms with van der Waals surface area (Å²) in [5.74, 6) is 1.33. The van der Waals surface area contributed by atoms with Gasteiger partial charge in [0.15, 0.2) is 0 Å². The van der Waals surface area contributed by atoms with E-state index in [1.807, 2.05) is 0 Å². The molecule has 1 rings (SSSR count). The van der Waals surface area contributed by atoms with Crippen LogP contribution in [0.25, 0.3) is 0 Å². The van der Waals surface area contributed by atoms with E-state index in [-0.39, 0.29) is 0 Å². The quantitative estimate of drug-likeness (QED) is 0.715. The van der Waals surface area contributed by atoms with Crippen molar-refractivity contribution in [1.82, 2.24) is 0 Å². The van der Waals surface area contributed by atoms with Crippen molar-refractivity contribution >= 4 is 11.1 Å². The largest absolute Gasteiger partial charge is 0.497 e. The van der Waals surface area contributed by atoms with E-state index >= 15 is 0 Å². The minimum atomic E-state index is -1.27.